The van der Waals surface area contributed by atoms with Crippen LogP contribution in [-0.4, -0.2) is 48.8 Å². The summed E-state index contributed by atoms with van der Waals surface area (Å²) in [5, 5.41) is 4.83. The highest BCUT2D eigenvalue weighted by Gasteiger charge is 2.32. The average Bonchev–Trinajstić information content (AvgIpc) is 2.79. The zero-order valence-corrected chi connectivity index (χ0v) is 12.3. The summed E-state index contributed by atoms with van der Waals surface area (Å²) in [7, 11) is 0. The molecule has 1 aromatic carbocycles. The molecular weight excluding hydrogens is 331 g/mol. The maximum atomic E-state index is 12.3. The third kappa shape index (κ3) is 4.76. The van der Waals surface area contributed by atoms with Crippen LogP contribution in [0.25, 0.3) is 0 Å². The minimum Gasteiger partial charge on any atom is -0.404 e. The third-order valence-corrected chi connectivity index (χ3v) is 2.92. The van der Waals surface area contributed by atoms with Crippen LogP contribution in [0, 0.1) is 0 Å². The van der Waals surface area contributed by atoms with E-state index in [0.717, 1.165) is 11.0 Å². The van der Waals surface area contributed by atoms with Crippen molar-refractivity contribution in [3.05, 3.63) is 24.3 Å². The Morgan fingerprint density at radius 1 is 1.38 bits per heavy atom. The number of amides is 3. The number of nitrogens with zero attached hydrogens (tertiary/aromatic N) is 2. The molecule has 0 aromatic heterocycles. The number of nitrogens with one attached hydrogen (secondary N) is 2. The number of hydrogen-bond donors (Lipinski definition) is 3. The van der Waals surface area contributed by atoms with Crippen molar-refractivity contribution in [1.29, 1.82) is 0 Å². The van der Waals surface area contributed by atoms with Crippen molar-refractivity contribution in [3.63, 3.8) is 0 Å². The number of carbonyl (C=O) groups excluding carboxylic acids is 2. The molecule has 1 aliphatic heterocycles. The molecule has 0 unspecified atom stereocenters. The number of alkyl halides is 3. The van der Waals surface area contributed by atoms with E-state index in [9.17, 15) is 22.8 Å². The van der Waals surface area contributed by atoms with Crippen molar-refractivity contribution in [2.75, 3.05) is 25.0 Å². The maximum absolute atomic E-state index is 12.3. The number of carbonyl (C=O) groups is 2. The molecule has 1 heterocycles. The van der Waals surface area contributed by atoms with Gasteiger partial charge >= 0.3 is 12.4 Å². The summed E-state index contributed by atoms with van der Waals surface area (Å²) in [5.74, 6) is -1.02. The van der Waals surface area contributed by atoms with Crippen LogP contribution in [0.5, 0.6) is 5.75 Å². The van der Waals surface area contributed by atoms with Crippen molar-refractivity contribution in [2.45, 2.75) is 6.36 Å². The number of guanidine groups is 1. The fraction of sp³-hybridized carbons (Fsp3) is 0.308. The van der Waals surface area contributed by atoms with E-state index in [0.29, 0.717) is 0 Å². The molecule has 8 nitrogen and oxygen atoms in total. The molecule has 4 N–H and O–H groups in total. The van der Waals surface area contributed by atoms with Gasteiger partial charge in [0, 0.05) is 0 Å². The lowest BCUT2D eigenvalue weighted by atomic mass is 10.3. The van der Waals surface area contributed by atoms with Gasteiger partial charge in [-0.15, -0.1) is 13.2 Å². The Balaban J connectivity index is 1.95. The number of benzene rings is 1. The zero-order valence-electron chi connectivity index (χ0n) is 12.3. The number of urea groups is 1. The quantitative estimate of drug-likeness (QED) is 0.417. The molecule has 130 valence electrons. The highest BCUT2D eigenvalue weighted by atomic mass is 19.4. The average molecular weight is 345 g/mol. The first kappa shape index (κ1) is 17.4. The van der Waals surface area contributed by atoms with Crippen LogP contribution < -0.4 is 21.1 Å². The van der Waals surface area contributed by atoms with Gasteiger partial charge in [0.15, 0.2) is 11.7 Å². The number of anilines is 1. The van der Waals surface area contributed by atoms with Crippen LogP contribution in [0.1, 0.15) is 0 Å². The smallest absolute Gasteiger partial charge is 0.404 e. The van der Waals surface area contributed by atoms with E-state index in [-0.39, 0.29) is 37.2 Å². The highest BCUT2D eigenvalue weighted by Crippen LogP contribution is 2.29. The second-order valence-electron chi connectivity index (χ2n) is 4.64. The number of para-hydroxylation sites is 2. The molecule has 1 fully saturated rings. The Morgan fingerprint density at radius 3 is 2.71 bits per heavy atom. The number of nitrogens with two attached hydrogens (primary N) is 1. The lowest BCUT2D eigenvalue weighted by Gasteiger charge is -2.14. The Morgan fingerprint density at radius 2 is 2.08 bits per heavy atom. The number of halogens is 3. The summed E-state index contributed by atoms with van der Waals surface area (Å²) in [4.78, 5) is 27.5. The summed E-state index contributed by atoms with van der Waals surface area (Å²) < 4.78 is 40.8. The van der Waals surface area contributed by atoms with Crippen LogP contribution in [0.15, 0.2) is 29.3 Å². The van der Waals surface area contributed by atoms with Crippen LogP contribution in [-0.2, 0) is 4.79 Å². The molecule has 0 spiro atoms. The van der Waals surface area contributed by atoms with E-state index in [1.54, 1.807) is 0 Å². The minimum absolute atomic E-state index is 0.000286. The molecule has 0 atom stereocenters. The summed E-state index contributed by atoms with van der Waals surface area (Å²) >= 11 is 0. The molecule has 0 radical (unpaired) electrons. The van der Waals surface area contributed by atoms with Crippen LogP contribution >= 0.6 is 0 Å². The first-order chi connectivity index (χ1) is 11.3. The van der Waals surface area contributed by atoms with Crippen LogP contribution in [0.2, 0.25) is 0 Å². The van der Waals surface area contributed by atoms with Gasteiger partial charge in [-0.2, -0.15) is 0 Å². The molecule has 0 aliphatic carbocycles. The van der Waals surface area contributed by atoms with E-state index in [1.807, 2.05) is 0 Å². The second kappa shape index (κ2) is 7.06. The zero-order chi connectivity index (χ0) is 17.7. The van der Waals surface area contributed by atoms with Crippen molar-refractivity contribution in [1.82, 2.24) is 10.2 Å². The van der Waals surface area contributed by atoms with Crippen LogP contribution in [0.3, 0.4) is 0 Å². The minimum atomic E-state index is -4.84. The number of ether oxygens (including phenoxy) is 1. The van der Waals surface area contributed by atoms with E-state index in [2.05, 4.69) is 20.4 Å². The van der Waals surface area contributed by atoms with Gasteiger partial charge in [-0.05, 0) is 12.1 Å². The van der Waals surface area contributed by atoms with Crippen LogP contribution in [0.4, 0.5) is 23.7 Å². The molecule has 1 aromatic rings. The fourth-order valence-corrected chi connectivity index (χ4v) is 1.91. The standard InChI is InChI=1S/C13H14F3N5O3/c14-13(15,16)24-9-4-2-1-3-8(9)20-11(17)18-5-6-21-10(22)7-19-12(21)23/h1-4H,5-7H2,(H,19,23)(H3,17,18,20). The normalized spacial score (nSPS) is 15.5. The predicted octanol–water partition coefficient (Wildman–Crippen LogP) is 0.864. The molecule has 0 bridgehead atoms. The predicted molar refractivity (Wildman–Crippen MR) is 78.3 cm³/mol. The molecule has 2 rings (SSSR count). The Bertz CT molecular complexity index is 646. The first-order valence-electron chi connectivity index (χ1n) is 6.76. The van der Waals surface area contributed by atoms with Gasteiger partial charge in [0.05, 0.1) is 25.3 Å². The first-order valence-corrected chi connectivity index (χ1v) is 6.76. The van der Waals surface area contributed by atoms with E-state index < -0.39 is 18.1 Å². The number of rotatable bonds is 5. The highest BCUT2D eigenvalue weighted by molar-refractivity contribution is 6.02. The molecule has 11 heteroatoms. The molecule has 3 amide bonds. The third-order valence-electron chi connectivity index (χ3n) is 2.92. The van der Waals surface area contributed by atoms with Gasteiger partial charge in [0.2, 0.25) is 5.91 Å². The fourth-order valence-electron chi connectivity index (χ4n) is 1.91. The molecule has 1 aliphatic rings. The van der Waals surface area contributed by atoms with E-state index >= 15 is 0 Å². The topological polar surface area (TPSA) is 109 Å². The maximum Gasteiger partial charge on any atom is 0.573 e. The summed E-state index contributed by atoms with van der Waals surface area (Å²) in [6.45, 7) is -0.0630. The lowest BCUT2D eigenvalue weighted by Crippen LogP contribution is -2.34. The van der Waals surface area contributed by atoms with Gasteiger partial charge in [0.25, 0.3) is 0 Å². The Kier molecular flexibility index (Phi) is 5.11. The van der Waals surface area contributed by atoms with Gasteiger partial charge in [0.1, 0.15) is 0 Å². The molecular formula is C13H14F3N5O3. The largest absolute Gasteiger partial charge is 0.573 e. The summed E-state index contributed by atoms with van der Waals surface area (Å²) in [5.41, 5.74) is 5.57. The number of aliphatic imine (C=N–C) groups is 1. The van der Waals surface area contributed by atoms with Gasteiger partial charge in [-0.1, -0.05) is 12.1 Å². The number of hydrogen-bond acceptors (Lipinski definition) is 4. The van der Waals surface area contributed by atoms with Gasteiger partial charge in [-0.25, -0.2) is 4.79 Å². The van der Waals surface area contributed by atoms with Crippen molar-refractivity contribution in [2.24, 2.45) is 10.7 Å². The Labute approximate surface area is 134 Å². The second-order valence-corrected chi connectivity index (χ2v) is 4.64. The van der Waals surface area contributed by atoms with E-state index in [4.69, 9.17) is 5.73 Å². The number of imide groups is 1. The SMILES string of the molecule is NC(=NCCN1C(=O)CNC1=O)Nc1ccccc1OC(F)(F)F. The van der Waals surface area contributed by atoms with Gasteiger partial charge in [-0.3, -0.25) is 14.7 Å². The van der Waals surface area contributed by atoms with Crippen molar-refractivity contribution in [3.8, 4) is 5.75 Å². The summed E-state index contributed by atoms with van der Waals surface area (Å²) in [6, 6.07) is 4.80. The Hall–Kier alpha value is -2.98. The van der Waals surface area contributed by atoms with Crippen molar-refractivity contribution >= 4 is 23.6 Å². The van der Waals surface area contributed by atoms with E-state index in [1.165, 1.54) is 18.2 Å². The van der Waals surface area contributed by atoms with Gasteiger partial charge < -0.3 is 21.1 Å². The summed E-state index contributed by atoms with van der Waals surface area (Å²) in [6.07, 6.45) is -4.84. The molecule has 0 saturated carbocycles. The van der Waals surface area contributed by atoms with Crippen molar-refractivity contribution < 1.29 is 27.5 Å². The lowest BCUT2D eigenvalue weighted by molar-refractivity contribution is -0.274. The monoisotopic (exact) mass is 345 g/mol. The molecule has 24 heavy (non-hydrogen) atoms. The molecule has 1 saturated heterocycles.